The Balaban J connectivity index is 0.000000921. The van der Waals surface area contributed by atoms with E-state index < -0.39 is 0 Å². The molecule has 0 radical (unpaired) electrons. The minimum Gasteiger partial charge on any atom is -0.491 e. The van der Waals surface area contributed by atoms with Crippen LogP contribution in [-0.4, -0.2) is 13.2 Å². The third-order valence-electron chi connectivity index (χ3n) is 1.64. The Bertz CT molecular complexity index is 256. The number of rotatable bonds is 4. The molecule has 0 bridgehead atoms. The van der Waals surface area contributed by atoms with Crippen LogP contribution >= 0.6 is 0 Å². The van der Waals surface area contributed by atoms with Crippen LogP contribution in [0.1, 0.15) is 33.3 Å². The van der Waals surface area contributed by atoms with Crippen molar-refractivity contribution in [2.45, 2.75) is 40.4 Å². The second-order valence-corrected chi connectivity index (χ2v) is 3.21. The van der Waals surface area contributed by atoms with Gasteiger partial charge in [0.15, 0.2) is 0 Å². The first-order chi connectivity index (χ1) is 7.24. The molecule has 0 amide bonds. The van der Waals surface area contributed by atoms with E-state index in [2.05, 4.69) is 0 Å². The van der Waals surface area contributed by atoms with Gasteiger partial charge in [0.25, 0.3) is 0 Å². The second kappa shape index (κ2) is 8.30. The highest BCUT2D eigenvalue weighted by atomic mass is 16.5. The molecule has 2 heteroatoms. The first kappa shape index (κ1) is 14.0. The molecule has 0 saturated carbocycles. The van der Waals surface area contributed by atoms with Crippen LogP contribution in [-0.2, 0) is 11.3 Å². The van der Waals surface area contributed by atoms with Crippen LogP contribution in [0.2, 0.25) is 0 Å². The maximum atomic E-state index is 5.62. The van der Waals surface area contributed by atoms with E-state index in [1.165, 1.54) is 0 Å². The first-order valence-electron chi connectivity index (χ1n) is 5.47. The maximum Gasteiger partial charge on any atom is 0.125 e. The van der Waals surface area contributed by atoms with Crippen molar-refractivity contribution in [1.82, 2.24) is 0 Å². The van der Waals surface area contributed by atoms with Crippen LogP contribution in [0.3, 0.4) is 0 Å². The number of methoxy groups -OCH3 is 1. The Hall–Kier alpha value is -1.02. The fourth-order valence-corrected chi connectivity index (χ4v) is 1.15. The highest BCUT2D eigenvalue weighted by Crippen LogP contribution is 2.19. The van der Waals surface area contributed by atoms with Gasteiger partial charge in [-0.1, -0.05) is 32.0 Å². The van der Waals surface area contributed by atoms with Crippen LogP contribution in [0.5, 0.6) is 5.75 Å². The molecule has 86 valence electrons. The van der Waals surface area contributed by atoms with E-state index in [1.54, 1.807) is 7.11 Å². The minimum absolute atomic E-state index is 0.206. The smallest absolute Gasteiger partial charge is 0.125 e. The van der Waals surface area contributed by atoms with Crippen molar-refractivity contribution in [2.75, 3.05) is 7.11 Å². The van der Waals surface area contributed by atoms with Gasteiger partial charge in [-0.15, -0.1) is 0 Å². The summed E-state index contributed by atoms with van der Waals surface area (Å²) in [5, 5.41) is 0. The quantitative estimate of drug-likeness (QED) is 0.755. The molecular formula is C13H22O2. The van der Waals surface area contributed by atoms with Crippen molar-refractivity contribution >= 4 is 0 Å². The van der Waals surface area contributed by atoms with Crippen molar-refractivity contribution in [3.63, 3.8) is 0 Å². The van der Waals surface area contributed by atoms with Gasteiger partial charge < -0.3 is 9.47 Å². The van der Waals surface area contributed by atoms with Gasteiger partial charge >= 0.3 is 0 Å². The van der Waals surface area contributed by atoms with Crippen LogP contribution in [0.25, 0.3) is 0 Å². The fourth-order valence-electron chi connectivity index (χ4n) is 1.15. The van der Waals surface area contributed by atoms with Gasteiger partial charge in [-0.05, 0) is 19.9 Å². The van der Waals surface area contributed by atoms with Gasteiger partial charge in [-0.2, -0.15) is 0 Å². The van der Waals surface area contributed by atoms with Crippen LogP contribution in [0.15, 0.2) is 24.3 Å². The van der Waals surface area contributed by atoms with Crippen molar-refractivity contribution in [3.8, 4) is 5.75 Å². The van der Waals surface area contributed by atoms with Crippen molar-refractivity contribution in [2.24, 2.45) is 0 Å². The summed E-state index contributed by atoms with van der Waals surface area (Å²) in [5.74, 6) is 0.916. The van der Waals surface area contributed by atoms with E-state index in [-0.39, 0.29) is 6.10 Å². The Kier molecular flexibility index (Phi) is 7.74. The van der Waals surface area contributed by atoms with Gasteiger partial charge in [-0.25, -0.2) is 0 Å². The summed E-state index contributed by atoms with van der Waals surface area (Å²) in [6.07, 6.45) is 0.206. The summed E-state index contributed by atoms with van der Waals surface area (Å²) in [6.45, 7) is 8.63. The highest BCUT2D eigenvalue weighted by Gasteiger charge is 2.03. The largest absolute Gasteiger partial charge is 0.491 e. The SMILES string of the molecule is CC.COCc1ccccc1OC(C)C. The topological polar surface area (TPSA) is 18.5 Å². The fraction of sp³-hybridized carbons (Fsp3) is 0.538. The zero-order valence-corrected chi connectivity index (χ0v) is 10.4. The molecule has 0 aliphatic heterocycles. The van der Waals surface area contributed by atoms with Crippen molar-refractivity contribution in [1.29, 1.82) is 0 Å². The van der Waals surface area contributed by atoms with Crippen molar-refractivity contribution in [3.05, 3.63) is 29.8 Å². The molecule has 1 rings (SSSR count). The van der Waals surface area contributed by atoms with E-state index in [0.29, 0.717) is 6.61 Å². The zero-order valence-electron chi connectivity index (χ0n) is 10.4. The Morgan fingerprint density at radius 1 is 1.13 bits per heavy atom. The number of hydrogen-bond donors (Lipinski definition) is 0. The minimum atomic E-state index is 0.206. The third kappa shape index (κ3) is 5.43. The summed E-state index contributed by atoms with van der Waals surface area (Å²) in [5.41, 5.74) is 1.10. The molecule has 0 atom stereocenters. The van der Waals surface area contributed by atoms with Crippen LogP contribution in [0.4, 0.5) is 0 Å². The van der Waals surface area contributed by atoms with Crippen LogP contribution in [0, 0.1) is 0 Å². The average Bonchev–Trinajstić information content (AvgIpc) is 2.23. The molecule has 0 unspecified atom stereocenters. The summed E-state index contributed by atoms with van der Waals surface area (Å²) in [4.78, 5) is 0. The summed E-state index contributed by atoms with van der Waals surface area (Å²) in [6, 6.07) is 7.94. The van der Waals surface area contributed by atoms with E-state index in [1.807, 2.05) is 52.0 Å². The third-order valence-corrected chi connectivity index (χ3v) is 1.64. The molecule has 0 saturated heterocycles. The number of ether oxygens (including phenoxy) is 2. The number of para-hydroxylation sites is 1. The highest BCUT2D eigenvalue weighted by molar-refractivity contribution is 5.32. The van der Waals surface area contributed by atoms with E-state index in [9.17, 15) is 0 Å². The monoisotopic (exact) mass is 210 g/mol. The Morgan fingerprint density at radius 3 is 2.27 bits per heavy atom. The normalized spacial score (nSPS) is 9.47. The molecular weight excluding hydrogens is 188 g/mol. The average molecular weight is 210 g/mol. The van der Waals surface area contributed by atoms with E-state index >= 15 is 0 Å². The van der Waals surface area contributed by atoms with E-state index in [4.69, 9.17) is 9.47 Å². The lowest BCUT2D eigenvalue weighted by atomic mass is 10.2. The lowest BCUT2D eigenvalue weighted by Gasteiger charge is -2.13. The molecule has 0 fully saturated rings. The van der Waals surface area contributed by atoms with Crippen LogP contribution < -0.4 is 4.74 Å². The summed E-state index contributed by atoms with van der Waals surface area (Å²) in [7, 11) is 1.69. The number of hydrogen-bond acceptors (Lipinski definition) is 2. The molecule has 1 aromatic rings. The molecule has 0 aromatic heterocycles. The second-order valence-electron chi connectivity index (χ2n) is 3.21. The molecule has 0 aliphatic rings. The molecule has 0 heterocycles. The molecule has 15 heavy (non-hydrogen) atoms. The van der Waals surface area contributed by atoms with Gasteiger partial charge in [-0.3, -0.25) is 0 Å². The Labute approximate surface area is 93.2 Å². The lowest BCUT2D eigenvalue weighted by Crippen LogP contribution is -2.07. The molecule has 0 spiro atoms. The van der Waals surface area contributed by atoms with Gasteiger partial charge in [0.1, 0.15) is 5.75 Å². The molecule has 2 nitrogen and oxygen atoms in total. The van der Waals surface area contributed by atoms with Gasteiger partial charge in [0.2, 0.25) is 0 Å². The lowest BCUT2D eigenvalue weighted by molar-refractivity contribution is 0.174. The standard InChI is InChI=1S/C11H16O2.C2H6/c1-9(2)13-11-7-5-4-6-10(11)8-12-3;1-2/h4-7,9H,8H2,1-3H3;1-2H3. The predicted molar refractivity (Wildman–Crippen MR) is 64.3 cm³/mol. The van der Waals surface area contributed by atoms with E-state index in [0.717, 1.165) is 11.3 Å². The maximum absolute atomic E-state index is 5.62. The summed E-state index contributed by atoms with van der Waals surface area (Å²) < 4.78 is 10.7. The van der Waals surface area contributed by atoms with Crippen molar-refractivity contribution < 1.29 is 9.47 Å². The number of benzene rings is 1. The zero-order chi connectivity index (χ0) is 11.7. The molecule has 1 aromatic carbocycles. The predicted octanol–water partition coefficient (Wildman–Crippen LogP) is 3.65. The Morgan fingerprint density at radius 2 is 1.73 bits per heavy atom. The molecule has 0 aliphatic carbocycles. The van der Waals surface area contributed by atoms with Gasteiger partial charge in [0, 0.05) is 12.7 Å². The van der Waals surface area contributed by atoms with Gasteiger partial charge in [0.05, 0.1) is 12.7 Å². The molecule has 0 N–H and O–H groups in total. The summed E-state index contributed by atoms with van der Waals surface area (Å²) >= 11 is 0. The first-order valence-corrected chi connectivity index (χ1v) is 5.47.